The van der Waals surface area contributed by atoms with Crippen molar-refractivity contribution < 1.29 is 5.11 Å². The summed E-state index contributed by atoms with van der Waals surface area (Å²) in [5.74, 6) is 0.0299. The van der Waals surface area contributed by atoms with Gasteiger partial charge in [-0.15, -0.1) is 11.3 Å². The van der Waals surface area contributed by atoms with Gasteiger partial charge < -0.3 is 10.1 Å². The lowest BCUT2D eigenvalue weighted by atomic mass is 10.4. The minimum Gasteiger partial charge on any atom is -0.492 e. The Bertz CT molecular complexity index is 563. The van der Waals surface area contributed by atoms with Crippen molar-refractivity contribution in [3.05, 3.63) is 24.3 Å². The van der Waals surface area contributed by atoms with Gasteiger partial charge in [-0.1, -0.05) is 0 Å². The zero-order chi connectivity index (χ0) is 11.0. The summed E-state index contributed by atoms with van der Waals surface area (Å²) < 4.78 is 0.184. The summed E-state index contributed by atoms with van der Waals surface area (Å²) in [6, 6.07) is 0. The molecule has 0 aliphatic rings. The van der Waals surface area contributed by atoms with Crippen LogP contribution in [0, 0.1) is 10.5 Å². The maximum Gasteiger partial charge on any atom is 0.268 e. The highest BCUT2D eigenvalue weighted by molar-refractivity contribution is 14.1. The zero-order valence-corrected chi connectivity index (χ0v) is 10.6. The van der Waals surface area contributed by atoms with Crippen LogP contribution in [-0.4, -0.2) is 20.1 Å². The SMILES string of the molecule is Cc1nc(-c2nc(O)c(I)c(=O)[nH]2)cs1. The summed E-state index contributed by atoms with van der Waals surface area (Å²) in [6.45, 7) is 1.86. The molecule has 0 aliphatic heterocycles. The second kappa shape index (κ2) is 3.89. The molecule has 78 valence electrons. The van der Waals surface area contributed by atoms with Crippen LogP contribution in [0.4, 0.5) is 0 Å². The molecule has 0 spiro atoms. The van der Waals surface area contributed by atoms with Crippen LogP contribution >= 0.6 is 33.9 Å². The molecule has 0 saturated carbocycles. The first-order valence-corrected chi connectivity index (χ1v) is 5.95. The van der Waals surface area contributed by atoms with Crippen LogP contribution in [0.1, 0.15) is 5.01 Å². The number of thiazole rings is 1. The second-order valence-electron chi connectivity index (χ2n) is 2.80. The average molecular weight is 335 g/mol. The van der Waals surface area contributed by atoms with E-state index in [0.717, 1.165) is 5.01 Å². The van der Waals surface area contributed by atoms with Crippen molar-refractivity contribution in [2.75, 3.05) is 0 Å². The van der Waals surface area contributed by atoms with Crippen LogP contribution in [0.2, 0.25) is 0 Å². The van der Waals surface area contributed by atoms with Crippen molar-refractivity contribution in [1.82, 2.24) is 15.0 Å². The van der Waals surface area contributed by atoms with Gasteiger partial charge in [0, 0.05) is 5.38 Å². The van der Waals surface area contributed by atoms with Gasteiger partial charge in [0.05, 0.1) is 5.01 Å². The van der Waals surface area contributed by atoms with E-state index in [1.165, 1.54) is 11.3 Å². The van der Waals surface area contributed by atoms with Crippen molar-refractivity contribution in [1.29, 1.82) is 0 Å². The molecule has 0 atom stereocenters. The molecule has 15 heavy (non-hydrogen) atoms. The fraction of sp³-hybridized carbons (Fsp3) is 0.125. The summed E-state index contributed by atoms with van der Waals surface area (Å²) in [7, 11) is 0. The quantitative estimate of drug-likeness (QED) is 0.775. The highest BCUT2D eigenvalue weighted by atomic mass is 127. The Balaban J connectivity index is 2.60. The molecule has 0 amide bonds. The molecule has 2 aromatic rings. The maximum atomic E-state index is 11.4. The van der Waals surface area contributed by atoms with Crippen LogP contribution in [0.3, 0.4) is 0 Å². The third kappa shape index (κ3) is 2.02. The highest BCUT2D eigenvalue weighted by Crippen LogP contribution is 2.20. The van der Waals surface area contributed by atoms with Crippen molar-refractivity contribution in [2.24, 2.45) is 0 Å². The van der Waals surface area contributed by atoms with Gasteiger partial charge in [0.1, 0.15) is 9.26 Å². The van der Waals surface area contributed by atoms with Gasteiger partial charge in [-0.3, -0.25) is 4.79 Å². The Morgan fingerprint density at radius 1 is 1.53 bits per heavy atom. The summed E-state index contributed by atoms with van der Waals surface area (Å²) in [6.07, 6.45) is 0. The van der Waals surface area contributed by atoms with Crippen molar-refractivity contribution in [3.8, 4) is 17.4 Å². The number of aromatic amines is 1. The van der Waals surface area contributed by atoms with Gasteiger partial charge in [0.15, 0.2) is 5.82 Å². The molecular weight excluding hydrogens is 329 g/mol. The fourth-order valence-corrected chi connectivity index (χ4v) is 1.89. The first kappa shape index (κ1) is 10.6. The van der Waals surface area contributed by atoms with Crippen LogP contribution < -0.4 is 5.56 Å². The van der Waals surface area contributed by atoms with Crippen molar-refractivity contribution >= 4 is 33.9 Å². The molecule has 2 heterocycles. The first-order valence-electron chi connectivity index (χ1n) is 3.99. The van der Waals surface area contributed by atoms with E-state index < -0.39 is 0 Å². The number of halogens is 1. The number of hydrogen-bond acceptors (Lipinski definition) is 5. The van der Waals surface area contributed by atoms with E-state index in [4.69, 9.17) is 0 Å². The molecule has 2 N–H and O–H groups in total. The Kier molecular flexibility index (Phi) is 2.74. The number of H-pyrrole nitrogens is 1. The molecule has 2 aromatic heterocycles. The second-order valence-corrected chi connectivity index (χ2v) is 4.94. The van der Waals surface area contributed by atoms with E-state index in [-0.39, 0.29) is 15.0 Å². The summed E-state index contributed by atoms with van der Waals surface area (Å²) in [5.41, 5.74) is 0.213. The van der Waals surface area contributed by atoms with Crippen LogP contribution in [0.25, 0.3) is 11.5 Å². The van der Waals surface area contributed by atoms with E-state index >= 15 is 0 Å². The van der Waals surface area contributed by atoms with Gasteiger partial charge in [-0.25, -0.2) is 4.98 Å². The van der Waals surface area contributed by atoms with Crippen LogP contribution in [-0.2, 0) is 0 Å². The van der Waals surface area contributed by atoms with Gasteiger partial charge in [-0.05, 0) is 29.5 Å². The van der Waals surface area contributed by atoms with E-state index in [1.807, 2.05) is 6.92 Å². The number of rotatable bonds is 1. The highest BCUT2D eigenvalue weighted by Gasteiger charge is 2.10. The molecule has 0 radical (unpaired) electrons. The predicted molar refractivity (Wildman–Crippen MR) is 65.1 cm³/mol. The third-order valence-corrected chi connectivity index (χ3v) is 3.45. The standard InChI is InChI=1S/C8H6IN3O2S/c1-3-10-4(2-15-3)6-11-7(13)5(9)8(14)12-6/h2H,1H3,(H2,11,12,13,14). The van der Waals surface area contributed by atoms with E-state index in [0.29, 0.717) is 11.5 Å². The third-order valence-electron chi connectivity index (χ3n) is 1.71. The molecule has 0 unspecified atom stereocenters. The first-order chi connectivity index (χ1) is 7.08. The fourth-order valence-electron chi connectivity index (χ4n) is 1.04. The monoisotopic (exact) mass is 335 g/mol. The van der Waals surface area contributed by atoms with E-state index in [2.05, 4.69) is 15.0 Å². The minimum absolute atomic E-state index is 0.184. The molecule has 7 heteroatoms. The Morgan fingerprint density at radius 2 is 2.27 bits per heavy atom. The normalized spacial score (nSPS) is 10.5. The maximum absolute atomic E-state index is 11.4. The van der Waals surface area contributed by atoms with Gasteiger partial charge >= 0.3 is 0 Å². The molecule has 5 nitrogen and oxygen atoms in total. The van der Waals surface area contributed by atoms with E-state index in [9.17, 15) is 9.90 Å². The average Bonchev–Trinajstić information content (AvgIpc) is 2.60. The molecule has 0 bridgehead atoms. The number of hydrogen-bond donors (Lipinski definition) is 2. The molecule has 0 saturated heterocycles. The number of nitrogens with zero attached hydrogens (tertiary/aromatic N) is 2. The van der Waals surface area contributed by atoms with Crippen molar-refractivity contribution in [2.45, 2.75) is 6.92 Å². The van der Waals surface area contributed by atoms with Gasteiger partial charge in [0.25, 0.3) is 5.56 Å². The molecule has 0 fully saturated rings. The predicted octanol–water partition coefficient (Wildman–Crippen LogP) is 1.51. The minimum atomic E-state index is -0.358. The number of aryl methyl sites for hydroxylation is 1. The summed E-state index contributed by atoms with van der Waals surface area (Å²) in [4.78, 5) is 21.9. The number of aromatic hydroxyl groups is 1. The lowest BCUT2D eigenvalue weighted by Crippen LogP contribution is -2.12. The topological polar surface area (TPSA) is 78.9 Å². The summed E-state index contributed by atoms with van der Waals surface area (Å²) in [5, 5.41) is 12.0. The lowest BCUT2D eigenvalue weighted by molar-refractivity contribution is 0.447. The summed E-state index contributed by atoms with van der Waals surface area (Å²) >= 11 is 3.19. The van der Waals surface area contributed by atoms with Gasteiger partial charge in [0.2, 0.25) is 5.88 Å². The van der Waals surface area contributed by atoms with Gasteiger partial charge in [-0.2, -0.15) is 4.98 Å². The van der Waals surface area contributed by atoms with Crippen LogP contribution in [0.15, 0.2) is 10.2 Å². The largest absolute Gasteiger partial charge is 0.492 e. The lowest BCUT2D eigenvalue weighted by Gasteiger charge is -1.98. The Morgan fingerprint density at radius 3 is 2.80 bits per heavy atom. The Labute approximate surface area is 102 Å². The molecule has 0 aromatic carbocycles. The van der Waals surface area contributed by atoms with E-state index in [1.54, 1.807) is 28.0 Å². The smallest absolute Gasteiger partial charge is 0.268 e. The number of nitrogens with one attached hydrogen (secondary N) is 1. The zero-order valence-electron chi connectivity index (χ0n) is 7.61. The Hall–Kier alpha value is -0.960. The van der Waals surface area contributed by atoms with Crippen molar-refractivity contribution in [3.63, 3.8) is 0 Å². The number of aromatic nitrogens is 3. The molecular formula is C8H6IN3O2S. The molecule has 2 rings (SSSR count). The molecule has 0 aliphatic carbocycles. The van der Waals surface area contributed by atoms with Crippen LogP contribution in [0.5, 0.6) is 5.88 Å².